The smallest absolute Gasteiger partial charge is 0.163 e. The van der Waals surface area contributed by atoms with Gasteiger partial charge in [-0.2, -0.15) is 0 Å². The summed E-state index contributed by atoms with van der Waals surface area (Å²) in [5.74, 6) is 0.592. The van der Waals surface area contributed by atoms with Crippen LogP contribution in [-0.2, 0) is 0 Å². The van der Waals surface area contributed by atoms with Gasteiger partial charge in [-0.3, -0.25) is 4.98 Å². The molecular formula is C90H61N7. The summed E-state index contributed by atoms with van der Waals surface area (Å²) < 4.78 is 9.68. The molecule has 0 aliphatic carbocycles. The van der Waals surface area contributed by atoms with Gasteiger partial charge in [0.25, 0.3) is 0 Å². The number of aryl methyl sites for hydroxylation is 3. The maximum absolute atomic E-state index is 5.85. The lowest BCUT2D eigenvalue weighted by molar-refractivity contribution is 1.14. The number of hydrogen-bond donors (Lipinski definition) is 0. The topological polar surface area (TPSA) is 58.4 Å². The Bertz CT molecular complexity index is 6260. The number of para-hydroxylation sites is 4. The van der Waals surface area contributed by atoms with Gasteiger partial charge in [0.2, 0.25) is 0 Å². The van der Waals surface area contributed by atoms with Gasteiger partial charge in [0.1, 0.15) is 0 Å². The van der Waals surface area contributed by atoms with E-state index in [2.05, 4.69) is 342 Å². The highest BCUT2D eigenvalue weighted by Crippen LogP contribution is 2.51. The standard InChI is InChI=1S/C90H61N7/c1-56-30-45-82-72(50-56)67-22-10-14-26-78(67)94(82)64-39-33-59(34-40-64)71-53-86(97-81-29-17-13-25-70(81)75-55-91-49-48-85(75)97)89(90-92-76(60-18-6-4-7-19-60)54-77(93-90)61-20-8-5-9-21-61)88(63-37-43-66(44-38-63)96-80-28-16-12-24-69(80)74-52-58(3)32-47-84(74)96)87(71)62-35-41-65(42-36-62)95-79-27-15-11-23-68(79)73-51-57(2)31-46-83(73)95/h4-55H,1-3H3. The van der Waals surface area contributed by atoms with E-state index in [9.17, 15) is 0 Å². The van der Waals surface area contributed by atoms with Crippen LogP contribution < -0.4 is 0 Å². The zero-order chi connectivity index (χ0) is 64.4. The minimum atomic E-state index is 0.592. The third-order valence-corrected chi connectivity index (χ3v) is 19.9. The molecule has 0 radical (unpaired) electrons. The molecule has 97 heavy (non-hydrogen) atoms. The molecule has 6 heterocycles. The molecule has 0 aliphatic heterocycles. The van der Waals surface area contributed by atoms with Crippen LogP contribution in [0.1, 0.15) is 16.7 Å². The first-order valence-electron chi connectivity index (χ1n) is 33.2. The van der Waals surface area contributed by atoms with E-state index in [1.807, 2.05) is 12.4 Å². The van der Waals surface area contributed by atoms with Crippen LogP contribution >= 0.6 is 0 Å². The summed E-state index contributed by atoms with van der Waals surface area (Å²) in [4.78, 5) is 16.5. The van der Waals surface area contributed by atoms with Crippen molar-refractivity contribution in [2.24, 2.45) is 0 Å². The fourth-order valence-corrected chi connectivity index (χ4v) is 15.5. The summed E-state index contributed by atoms with van der Waals surface area (Å²) >= 11 is 0. The van der Waals surface area contributed by atoms with Crippen molar-refractivity contribution in [3.63, 3.8) is 0 Å². The summed E-state index contributed by atoms with van der Waals surface area (Å²) in [6.07, 6.45) is 3.92. The first kappa shape index (κ1) is 55.9. The van der Waals surface area contributed by atoms with Crippen molar-refractivity contribution in [1.82, 2.24) is 33.2 Å². The molecule has 0 N–H and O–H groups in total. The Labute approximate surface area is 560 Å². The van der Waals surface area contributed by atoms with Crippen LogP contribution in [0.3, 0.4) is 0 Å². The lowest BCUT2D eigenvalue weighted by Crippen LogP contribution is -2.06. The molecule has 13 aromatic carbocycles. The lowest BCUT2D eigenvalue weighted by Gasteiger charge is -2.25. The highest BCUT2D eigenvalue weighted by molar-refractivity contribution is 6.14. The van der Waals surface area contributed by atoms with Gasteiger partial charge in [-0.25, -0.2) is 9.97 Å². The Hall–Kier alpha value is -12.7. The summed E-state index contributed by atoms with van der Waals surface area (Å²) in [5.41, 5.74) is 27.5. The monoisotopic (exact) mass is 1240 g/mol. The average molecular weight is 1240 g/mol. The lowest BCUT2D eigenvalue weighted by atomic mass is 9.83. The second kappa shape index (κ2) is 22.2. The molecule has 19 aromatic rings. The second-order valence-electron chi connectivity index (χ2n) is 25.8. The van der Waals surface area contributed by atoms with Gasteiger partial charge in [-0.05, 0) is 164 Å². The zero-order valence-corrected chi connectivity index (χ0v) is 53.7. The molecule has 7 heteroatoms. The highest BCUT2D eigenvalue weighted by atomic mass is 15.0. The van der Waals surface area contributed by atoms with Gasteiger partial charge in [-0.1, -0.05) is 205 Å². The number of hydrogen-bond acceptors (Lipinski definition) is 3. The van der Waals surface area contributed by atoms with E-state index in [1.54, 1.807) is 0 Å². The number of aromatic nitrogens is 7. The maximum Gasteiger partial charge on any atom is 0.163 e. The zero-order valence-electron chi connectivity index (χ0n) is 53.7. The van der Waals surface area contributed by atoms with Gasteiger partial charge < -0.3 is 18.3 Å². The van der Waals surface area contributed by atoms with E-state index in [4.69, 9.17) is 15.0 Å². The van der Waals surface area contributed by atoms with Crippen LogP contribution in [0.2, 0.25) is 0 Å². The van der Waals surface area contributed by atoms with Gasteiger partial charge in [-0.15, -0.1) is 0 Å². The minimum Gasteiger partial charge on any atom is -0.309 e. The van der Waals surface area contributed by atoms with E-state index in [0.717, 1.165) is 134 Å². The predicted octanol–water partition coefficient (Wildman–Crippen LogP) is 23.2. The fourth-order valence-electron chi connectivity index (χ4n) is 15.5. The maximum atomic E-state index is 5.85. The molecule has 0 unspecified atom stereocenters. The SMILES string of the molecule is Cc1ccc2c(c1)c1ccccc1n2-c1ccc(-c2cc(-n3c4ccccc4c4cnccc43)c(-c3nc(-c4ccccc4)cc(-c4ccccc4)n3)c(-c3ccc(-n4c5ccccc5c5cc(C)ccc54)cc3)c2-c2ccc(-n3c4ccccc4c4cc(C)ccc43)cc2)cc1. The van der Waals surface area contributed by atoms with Crippen LogP contribution in [-0.4, -0.2) is 33.2 Å². The minimum absolute atomic E-state index is 0.592. The summed E-state index contributed by atoms with van der Waals surface area (Å²) in [7, 11) is 0. The van der Waals surface area contributed by atoms with Gasteiger partial charge in [0, 0.05) is 89.2 Å². The third-order valence-electron chi connectivity index (χ3n) is 19.9. The molecule has 0 fully saturated rings. The Morgan fingerprint density at radius 2 is 0.608 bits per heavy atom. The molecule has 0 amide bonds. The van der Waals surface area contributed by atoms with Crippen molar-refractivity contribution in [1.29, 1.82) is 0 Å². The quantitative estimate of drug-likeness (QED) is 0.137. The van der Waals surface area contributed by atoms with Crippen LogP contribution in [0.15, 0.2) is 316 Å². The number of rotatable bonds is 10. The second-order valence-corrected chi connectivity index (χ2v) is 25.8. The molecule has 0 saturated heterocycles. The Morgan fingerprint density at radius 1 is 0.247 bits per heavy atom. The van der Waals surface area contributed by atoms with Crippen LogP contribution in [0.4, 0.5) is 0 Å². The van der Waals surface area contributed by atoms with Crippen molar-refractivity contribution in [3.8, 4) is 90.0 Å². The van der Waals surface area contributed by atoms with Crippen molar-refractivity contribution < 1.29 is 0 Å². The molecule has 7 nitrogen and oxygen atoms in total. The van der Waals surface area contributed by atoms with Crippen molar-refractivity contribution in [2.45, 2.75) is 20.8 Å². The Morgan fingerprint density at radius 3 is 1.05 bits per heavy atom. The van der Waals surface area contributed by atoms with E-state index >= 15 is 0 Å². The van der Waals surface area contributed by atoms with E-state index in [0.29, 0.717) is 5.82 Å². The largest absolute Gasteiger partial charge is 0.309 e. The van der Waals surface area contributed by atoms with Crippen molar-refractivity contribution in [3.05, 3.63) is 332 Å². The first-order valence-corrected chi connectivity index (χ1v) is 33.2. The summed E-state index contributed by atoms with van der Waals surface area (Å²) in [6, 6.07) is 111. The molecule has 0 saturated carbocycles. The molecule has 0 aliphatic rings. The normalized spacial score (nSPS) is 11.9. The van der Waals surface area contributed by atoms with Crippen LogP contribution in [0.5, 0.6) is 0 Å². The Kier molecular flexibility index (Phi) is 12.8. The van der Waals surface area contributed by atoms with E-state index in [1.165, 1.54) is 54.5 Å². The van der Waals surface area contributed by atoms with Crippen molar-refractivity contribution >= 4 is 87.2 Å². The number of pyridine rings is 1. The molecular weight excluding hydrogens is 1180 g/mol. The van der Waals surface area contributed by atoms with E-state index < -0.39 is 0 Å². The number of fused-ring (bicyclic) bond motifs is 12. The summed E-state index contributed by atoms with van der Waals surface area (Å²) in [5, 5.41) is 9.52. The molecule has 456 valence electrons. The Balaban J connectivity index is 0.957. The van der Waals surface area contributed by atoms with Gasteiger partial charge in [0.15, 0.2) is 5.82 Å². The van der Waals surface area contributed by atoms with Gasteiger partial charge in [0.05, 0.1) is 66.8 Å². The molecule has 0 spiro atoms. The van der Waals surface area contributed by atoms with Gasteiger partial charge >= 0.3 is 0 Å². The fraction of sp³-hybridized carbons (Fsp3) is 0.0333. The molecule has 6 aromatic heterocycles. The molecule has 19 rings (SSSR count). The third kappa shape index (κ3) is 9.00. The molecule has 0 bridgehead atoms. The highest BCUT2D eigenvalue weighted by Gasteiger charge is 2.29. The first-order chi connectivity index (χ1) is 47.8. The van der Waals surface area contributed by atoms with Crippen LogP contribution in [0.25, 0.3) is 177 Å². The van der Waals surface area contributed by atoms with E-state index in [-0.39, 0.29) is 0 Å². The predicted molar refractivity (Wildman–Crippen MR) is 404 cm³/mol. The van der Waals surface area contributed by atoms with Crippen LogP contribution in [0, 0.1) is 20.8 Å². The van der Waals surface area contributed by atoms with Crippen molar-refractivity contribution in [2.75, 3.05) is 0 Å². The number of benzene rings is 13. The number of nitrogens with zero attached hydrogens (tertiary/aromatic N) is 7. The average Bonchev–Trinajstić information content (AvgIpc) is 1.69. The summed E-state index contributed by atoms with van der Waals surface area (Å²) in [6.45, 7) is 6.53. The molecule has 0 atom stereocenters.